The van der Waals surface area contributed by atoms with Crippen LogP contribution in [0.1, 0.15) is 25.9 Å². The Morgan fingerprint density at radius 2 is 2.22 bits per heavy atom. The Balaban J connectivity index is 0.00000169. The molecule has 7 heteroatoms. The Bertz CT molecular complexity index is 816. The third-order valence-electron chi connectivity index (χ3n) is 4.12. The molecule has 4 heterocycles. The number of piperidine rings is 1. The Hall–Kier alpha value is -1.99. The Kier molecular flexibility index (Phi) is 3.97. The van der Waals surface area contributed by atoms with Crippen LogP contribution < -0.4 is 10.6 Å². The van der Waals surface area contributed by atoms with Gasteiger partial charge >= 0.3 is 0 Å². The lowest BCUT2D eigenvalue weighted by atomic mass is 9.96. The van der Waals surface area contributed by atoms with Crippen LogP contribution in [0.25, 0.3) is 5.65 Å². The fraction of sp³-hybridized carbons (Fsp3) is 0.312. The molecule has 23 heavy (non-hydrogen) atoms. The monoisotopic (exact) mass is 374 g/mol. The fourth-order valence-corrected chi connectivity index (χ4v) is 3.29. The fourth-order valence-electron chi connectivity index (χ4n) is 2.94. The van der Waals surface area contributed by atoms with Crippen molar-refractivity contribution in [3.63, 3.8) is 0 Å². The first-order chi connectivity index (χ1) is 11.3. The first kappa shape index (κ1) is 14.6. The van der Waals surface area contributed by atoms with E-state index in [4.69, 9.17) is 4.98 Å². The molecule has 0 radical (unpaired) electrons. The van der Waals surface area contributed by atoms with Crippen molar-refractivity contribution in [2.75, 3.05) is 18.4 Å². The second-order valence-electron chi connectivity index (χ2n) is 5.70. The number of aromatic nitrogens is 4. The zero-order chi connectivity index (χ0) is 15.6. The Morgan fingerprint density at radius 1 is 1.35 bits per heavy atom. The van der Waals surface area contributed by atoms with E-state index in [0.29, 0.717) is 5.92 Å². The summed E-state index contributed by atoms with van der Waals surface area (Å²) in [5.74, 6) is 1.35. The van der Waals surface area contributed by atoms with E-state index in [9.17, 15) is 0 Å². The van der Waals surface area contributed by atoms with Crippen molar-refractivity contribution in [2.24, 2.45) is 0 Å². The van der Waals surface area contributed by atoms with E-state index in [2.05, 4.69) is 42.7 Å². The van der Waals surface area contributed by atoms with Gasteiger partial charge in [0.2, 0.25) is 0 Å². The number of nitrogens with zero attached hydrogens (tertiary/aromatic N) is 4. The van der Waals surface area contributed by atoms with Crippen LogP contribution in [0.5, 0.6) is 0 Å². The second kappa shape index (κ2) is 6.25. The smallest absolute Gasteiger partial charge is 0.171 e. The number of nitrogens with one attached hydrogen (secondary N) is 2. The summed E-state index contributed by atoms with van der Waals surface area (Å²) in [6.45, 7) is 2.07. The van der Waals surface area contributed by atoms with Gasteiger partial charge in [-0.1, -0.05) is 0 Å². The lowest BCUT2D eigenvalue weighted by Crippen LogP contribution is -2.29. The van der Waals surface area contributed by atoms with Crippen molar-refractivity contribution in [1.82, 2.24) is 24.9 Å². The lowest BCUT2D eigenvalue weighted by Gasteiger charge is -2.23. The molecule has 0 saturated carbocycles. The van der Waals surface area contributed by atoms with Crippen molar-refractivity contribution in [3.05, 3.63) is 47.0 Å². The van der Waals surface area contributed by atoms with Gasteiger partial charge in [-0.3, -0.25) is 4.98 Å². The molecular weight excluding hydrogens is 356 g/mol. The van der Waals surface area contributed by atoms with Gasteiger partial charge in [0.05, 0.1) is 16.4 Å². The highest BCUT2D eigenvalue weighted by Crippen LogP contribution is 2.28. The molecule has 1 saturated heterocycles. The summed E-state index contributed by atoms with van der Waals surface area (Å²) in [6.07, 6.45) is 7.67. The van der Waals surface area contributed by atoms with Crippen molar-refractivity contribution in [1.29, 1.82) is 0 Å². The van der Waals surface area contributed by atoms with Crippen LogP contribution in [0.3, 0.4) is 0 Å². The summed E-state index contributed by atoms with van der Waals surface area (Å²) >= 11 is 3.55. The van der Waals surface area contributed by atoms with Crippen molar-refractivity contribution < 1.29 is 1.43 Å². The van der Waals surface area contributed by atoms with E-state index in [0.717, 1.165) is 46.8 Å². The number of hydrogen-bond donors (Lipinski definition) is 2. The summed E-state index contributed by atoms with van der Waals surface area (Å²) < 4.78 is 2.73. The van der Waals surface area contributed by atoms with Crippen LogP contribution in [-0.4, -0.2) is 32.7 Å². The normalized spacial score (nSPS) is 18.2. The van der Waals surface area contributed by atoms with Gasteiger partial charge < -0.3 is 10.6 Å². The van der Waals surface area contributed by atoms with E-state index in [-0.39, 0.29) is 1.43 Å². The number of pyridine rings is 1. The molecule has 4 rings (SSSR count). The molecule has 0 aliphatic carbocycles. The molecule has 6 nitrogen and oxygen atoms in total. The molecule has 1 atom stereocenters. The quantitative estimate of drug-likeness (QED) is 0.735. The average molecular weight is 375 g/mol. The minimum Gasteiger partial charge on any atom is -0.340 e. The first-order valence-electron chi connectivity index (χ1n) is 7.73. The van der Waals surface area contributed by atoms with Gasteiger partial charge in [0.1, 0.15) is 5.82 Å². The Morgan fingerprint density at radius 3 is 3.00 bits per heavy atom. The third-order valence-corrected chi connectivity index (χ3v) is 4.68. The largest absolute Gasteiger partial charge is 0.340 e. The van der Waals surface area contributed by atoms with Crippen LogP contribution in [0.15, 0.2) is 41.3 Å². The molecule has 0 spiro atoms. The zero-order valence-corrected chi connectivity index (χ0v) is 14.1. The van der Waals surface area contributed by atoms with Gasteiger partial charge in [-0.05, 0) is 47.4 Å². The van der Waals surface area contributed by atoms with Crippen molar-refractivity contribution in [2.45, 2.75) is 18.8 Å². The van der Waals surface area contributed by atoms with Crippen LogP contribution >= 0.6 is 15.9 Å². The van der Waals surface area contributed by atoms with E-state index < -0.39 is 0 Å². The molecule has 3 aromatic rings. The van der Waals surface area contributed by atoms with Crippen LogP contribution in [0.2, 0.25) is 0 Å². The maximum atomic E-state index is 4.82. The second-order valence-corrected chi connectivity index (χ2v) is 6.55. The van der Waals surface area contributed by atoms with Gasteiger partial charge in [0.25, 0.3) is 0 Å². The molecular formula is C16H19BrN6. The van der Waals surface area contributed by atoms with Crippen LogP contribution in [0.4, 0.5) is 11.5 Å². The number of rotatable bonds is 3. The molecule has 2 N–H and O–H groups in total. The molecule has 0 amide bonds. The SMILES string of the molecule is Brc1cnn2c(Nc3ccncc3)cc(C3CCCNC3)nc12.[HH]. The minimum absolute atomic E-state index is 0. The van der Waals surface area contributed by atoms with Crippen LogP contribution in [-0.2, 0) is 0 Å². The maximum Gasteiger partial charge on any atom is 0.171 e. The zero-order valence-electron chi connectivity index (χ0n) is 12.5. The topological polar surface area (TPSA) is 67.1 Å². The van der Waals surface area contributed by atoms with E-state index in [1.54, 1.807) is 18.6 Å². The Labute approximate surface area is 144 Å². The van der Waals surface area contributed by atoms with E-state index in [1.165, 1.54) is 6.42 Å². The van der Waals surface area contributed by atoms with Crippen molar-refractivity contribution >= 4 is 33.1 Å². The summed E-state index contributed by atoms with van der Waals surface area (Å²) in [6, 6.07) is 5.98. The molecule has 0 aromatic carbocycles. The lowest BCUT2D eigenvalue weighted by molar-refractivity contribution is 0.455. The molecule has 3 aromatic heterocycles. The van der Waals surface area contributed by atoms with Gasteiger partial charge in [0, 0.05) is 38.0 Å². The van der Waals surface area contributed by atoms with E-state index in [1.807, 2.05) is 16.6 Å². The van der Waals surface area contributed by atoms with Gasteiger partial charge in [-0.25, -0.2) is 4.98 Å². The highest BCUT2D eigenvalue weighted by atomic mass is 79.9. The first-order valence-corrected chi connectivity index (χ1v) is 8.52. The summed E-state index contributed by atoms with van der Waals surface area (Å²) in [7, 11) is 0. The number of fused-ring (bicyclic) bond motifs is 1. The van der Waals surface area contributed by atoms with Gasteiger partial charge in [-0.2, -0.15) is 9.61 Å². The number of hydrogen-bond acceptors (Lipinski definition) is 5. The summed E-state index contributed by atoms with van der Waals surface area (Å²) in [4.78, 5) is 8.88. The summed E-state index contributed by atoms with van der Waals surface area (Å²) in [5.41, 5.74) is 2.92. The highest BCUT2D eigenvalue weighted by Gasteiger charge is 2.19. The molecule has 1 fully saturated rings. The van der Waals surface area contributed by atoms with E-state index >= 15 is 0 Å². The number of anilines is 2. The molecule has 0 bridgehead atoms. The molecule has 1 aliphatic rings. The van der Waals surface area contributed by atoms with Crippen LogP contribution in [0, 0.1) is 0 Å². The predicted octanol–water partition coefficient (Wildman–Crippen LogP) is 3.34. The number of halogens is 1. The minimum atomic E-state index is 0. The highest BCUT2D eigenvalue weighted by molar-refractivity contribution is 9.10. The molecule has 1 aliphatic heterocycles. The van der Waals surface area contributed by atoms with Gasteiger partial charge in [-0.15, -0.1) is 0 Å². The average Bonchev–Trinajstić information content (AvgIpc) is 2.98. The van der Waals surface area contributed by atoms with Crippen molar-refractivity contribution in [3.8, 4) is 0 Å². The maximum absolute atomic E-state index is 4.82. The van der Waals surface area contributed by atoms with Gasteiger partial charge in [0.15, 0.2) is 5.65 Å². The summed E-state index contributed by atoms with van der Waals surface area (Å²) in [5, 5.41) is 11.3. The molecule has 120 valence electrons. The third kappa shape index (κ3) is 2.94. The molecule has 1 unspecified atom stereocenters. The standard InChI is InChI=1S/C16H17BrN6.H2/c17-13-10-20-23-15(21-12-3-6-18-7-4-12)8-14(22-16(13)23)11-2-1-5-19-9-11;/h3-4,6-8,10-11,19H,1-2,5,9H2,(H,18,21);1H. The predicted molar refractivity (Wildman–Crippen MR) is 95.2 cm³/mol.